The van der Waals surface area contributed by atoms with Gasteiger partial charge in [0.1, 0.15) is 0 Å². The SMILES string of the molecule is CC(C)[C@H](NC(=O)c1ccccc1)c1nnc(SCC(=O)NCCc2ccccc2)n1C. The van der Waals surface area contributed by atoms with Crippen molar-refractivity contribution in [2.75, 3.05) is 12.3 Å². The Hall–Kier alpha value is -3.13. The van der Waals surface area contributed by atoms with E-state index in [4.69, 9.17) is 0 Å². The molecule has 2 amide bonds. The van der Waals surface area contributed by atoms with E-state index in [0.29, 0.717) is 23.1 Å². The largest absolute Gasteiger partial charge is 0.355 e. The summed E-state index contributed by atoms with van der Waals surface area (Å²) in [7, 11) is 1.86. The molecule has 0 saturated heterocycles. The van der Waals surface area contributed by atoms with Gasteiger partial charge < -0.3 is 15.2 Å². The van der Waals surface area contributed by atoms with Crippen LogP contribution in [-0.4, -0.2) is 38.9 Å². The van der Waals surface area contributed by atoms with Crippen molar-refractivity contribution >= 4 is 23.6 Å². The fourth-order valence-corrected chi connectivity index (χ4v) is 3.99. The van der Waals surface area contributed by atoms with Gasteiger partial charge in [-0.15, -0.1) is 10.2 Å². The van der Waals surface area contributed by atoms with Crippen molar-refractivity contribution < 1.29 is 9.59 Å². The lowest BCUT2D eigenvalue weighted by Gasteiger charge is -2.21. The van der Waals surface area contributed by atoms with E-state index in [1.807, 2.05) is 74.0 Å². The van der Waals surface area contributed by atoms with E-state index in [1.54, 1.807) is 12.1 Å². The molecule has 2 aromatic carbocycles. The van der Waals surface area contributed by atoms with Gasteiger partial charge >= 0.3 is 0 Å². The van der Waals surface area contributed by atoms with Gasteiger partial charge in [-0.25, -0.2) is 0 Å². The molecule has 168 valence electrons. The Morgan fingerprint density at radius 2 is 1.66 bits per heavy atom. The standard InChI is InChI=1S/C24H29N5O2S/c1-17(2)21(26-23(31)19-12-8-5-9-13-19)22-27-28-24(29(22)3)32-16-20(30)25-15-14-18-10-6-4-7-11-18/h4-13,17,21H,14-16H2,1-3H3,(H,25,30)(H,26,31)/t21-/m0/s1. The molecule has 0 bridgehead atoms. The molecule has 1 heterocycles. The Morgan fingerprint density at radius 1 is 1.00 bits per heavy atom. The normalized spacial score (nSPS) is 11.9. The van der Waals surface area contributed by atoms with Gasteiger partial charge in [-0.05, 0) is 30.0 Å². The van der Waals surface area contributed by atoms with Crippen molar-refractivity contribution in [3.05, 3.63) is 77.6 Å². The third-order valence-corrected chi connectivity index (χ3v) is 6.07. The van der Waals surface area contributed by atoms with Crippen LogP contribution in [0.4, 0.5) is 0 Å². The molecule has 0 saturated carbocycles. The number of carbonyl (C=O) groups excluding carboxylic acids is 2. The second-order valence-corrected chi connectivity index (χ2v) is 8.78. The molecular formula is C24H29N5O2S. The van der Waals surface area contributed by atoms with Gasteiger partial charge in [-0.3, -0.25) is 9.59 Å². The number of carbonyl (C=O) groups is 2. The molecule has 3 rings (SSSR count). The molecule has 8 heteroatoms. The number of hydrogen-bond acceptors (Lipinski definition) is 5. The summed E-state index contributed by atoms with van der Waals surface area (Å²) in [5.41, 5.74) is 1.79. The molecule has 0 aliphatic heterocycles. The molecule has 0 aliphatic rings. The van der Waals surface area contributed by atoms with Crippen molar-refractivity contribution in [2.45, 2.75) is 31.5 Å². The third kappa shape index (κ3) is 6.43. The van der Waals surface area contributed by atoms with Crippen molar-refractivity contribution in [2.24, 2.45) is 13.0 Å². The molecule has 1 aromatic heterocycles. The second kappa shape index (κ2) is 11.5. The van der Waals surface area contributed by atoms with Gasteiger partial charge in [0, 0.05) is 19.2 Å². The Balaban J connectivity index is 1.55. The zero-order valence-electron chi connectivity index (χ0n) is 18.6. The first kappa shape index (κ1) is 23.5. The van der Waals surface area contributed by atoms with E-state index in [-0.39, 0.29) is 29.5 Å². The molecule has 0 unspecified atom stereocenters. The third-order valence-electron chi connectivity index (χ3n) is 5.05. The Labute approximate surface area is 193 Å². The quantitative estimate of drug-likeness (QED) is 0.461. The maximum atomic E-state index is 12.6. The highest BCUT2D eigenvalue weighted by atomic mass is 32.2. The zero-order valence-corrected chi connectivity index (χ0v) is 19.4. The summed E-state index contributed by atoms with van der Waals surface area (Å²) in [6.07, 6.45) is 0.794. The van der Waals surface area contributed by atoms with Crippen molar-refractivity contribution in [1.82, 2.24) is 25.4 Å². The summed E-state index contributed by atoms with van der Waals surface area (Å²) in [6, 6.07) is 18.9. The second-order valence-electron chi connectivity index (χ2n) is 7.84. The molecule has 0 fully saturated rings. The van der Waals surface area contributed by atoms with Gasteiger partial charge in [-0.2, -0.15) is 0 Å². The topological polar surface area (TPSA) is 88.9 Å². The van der Waals surface area contributed by atoms with Crippen molar-refractivity contribution in [1.29, 1.82) is 0 Å². The number of aromatic nitrogens is 3. The van der Waals surface area contributed by atoms with Gasteiger partial charge in [0.05, 0.1) is 11.8 Å². The minimum absolute atomic E-state index is 0.0479. The Bertz CT molecular complexity index is 1020. The fourth-order valence-electron chi connectivity index (χ4n) is 3.24. The predicted molar refractivity (Wildman–Crippen MR) is 126 cm³/mol. The molecule has 32 heavy (non-hydrogen) atoms. The van der Waals surface area contributed by atoms with E-state index in [9.17, 15) is 9.59 Å². The van der Waals surface area contributed by atoms with E-state index >= 15 is 0 Å². The van der Waals surface area contributed by atoms with Gasteiger partial charge in [-0.1, -0.05) is 74.1 Å². The summed E-state index contributed by atoms with van der Waals surface area (Å²) >= 11 is 1.33. The highest BCUT2D eigenvalue weighted by Crippen LogP contribution is 2.24. The highest BCUT2D eigenvalue weighted by Gasteiger charge is 2.25. The minimum Gasteiger partial charge on any atom is -0.355 e. The number of amides is 2. The number of nitrogens with one attached hydrogen (secondary N) is 2. The average Bonchev–Trinajstić information content (AvgIpc) is 3.17. The number of benzene rings is 2. The first-order valence-corrected chi connectivity index (χ1v) is 11.6. The van der Waals surface area contributed by atoms with Crippen LogP contribution in [0.15, 0.2) is 65.8 Å². The van der Waals surface area contributed by atoms with Gasteiger partial charge in [0.25, 0.3) is 5.91 Å². The first-order chi connectivity index (χ1) is 15.5. The van der Waals surface area contributed by atoms with Crippen LogP contribution in [-0.2, 0) is 18.3 Å². The summed E-state index contributed by atoms with van der Waals surface area (Å²) in [5, 5.41) is 15.2. The van der Waals surface area contributed by atoms with E-state index in [1.165, 1.54) is 17.3 Å². The maximum Gasteiger partial charge on any atom is 0.251 e. The van der Waals surface area contributed by atoms with Gasteiger partial charge in [0.2, 0.25) is 5.91 Å². The molecule has 2 N–H and O–H groups in total. The number of nitrogens with zero attached hydrogens (tertiary/aromatic N) is 3. The zero-order chi connectivity index (χ0) is 22.9. The lowest BCUT2D eigenvalue weighted by atomic mass is 10.0. The fraction of sp³-hybridized carbons (Fsp3) is 0.333. The summed E-state index contributed by atoms with van der Waals surface area (Å²) in [4.78, 5) is 24.9. The molecule has 0 spiro atoms. The molecule has 1 atom stereocenters. The molecule has 0 aliphatic carbocycles. The Morgan fingerprint density at radius 3 is 2.31 bits per heavy atom. The number of rotatable bonds is 10. The lowest BCUT2D eigenvalue weighted by molar-refractivity contribution is -0.118. The maximum absolute atomic E-state index is 12.6. The van der Waals surface area contributed by atoms with Crippen LogP contribution in [0.5, 0.6) is 0 Å². The smallest absolute Gasteiger partial charge is 0.251 e. The van der Waals surface area contributed by atoms with Crippen LogP contribution >= 0.6 is 11.8 Å². The van der Waals surface area contributed by atoms with Crippen LogP contribution in [0.2, 0.25) is 0 Å². The number of hydrogen-bond donors (Lipinski definition) is 2. The van der Waals surface area contributed by atoms with Crippen LogP contribution in [0.3, 0.4) is 0 Å². The molecule has 7 nitrogen and oxygen atoms in total. The highest BCUT2D eigenvalue weighted by molar-refractivity contribution is 7.99. The van der Waals surface area contributed by atoms with Crippen molar-refractivity contribution in [3.63, 3.8) is 0 Å². The van der Waals surface area contributed by atoms with E-state index in [0.717, 1.165) is 6.42 Å². The molecule has 3 aromatic rings. The monoisotopic (exact) mass is 451 g/mol. The van der Waals surface area contributed by atoms with Crippen LogP contribution in [0.25, 0.3) is 0 Å². The van der Waals surface area contributed by atoms with Crippen LogP contribution < -0.4 is 10.6 Å². The molecule has 0 radical (unpaired) electrons. The van der Waals surface area contributed by atoms with Crippen molar-refractivity contribution in [3.8, 4) is 0 Å². The van der Waals surface area contributed by atoms with E-state index < -0.39 is 0 Å². The summed E-state index contributed by atoms with van der Waals surface area (Å²) in [5.74, 6) is 0.831. The first-order valence-electron chi connectivity index (χ1n) is 10.6. The average molecular weight is 452 g/mol. The molecular weight excluding hydrogens is 422 g/mol. The predicted octanol–water partition coefficient (Wildman–Crippen LogP) is 3.39. The summed E-state index contributed by atoms with van der Waals surface area (Å²) in [6.45, 7) is 4.64. The summed E-state index contributed by atoms with van der Waals surface area (Å²) < 4.78 is 1.85. The van der Waals surface area contributed by atoms with Crippen LogP contribution in [0, 0.1) is 5.92 Å². The van der Waals surface area contributed by atoms with E-state index in [2.05, 4.69) is 20.8 Å². The van der Waals surface area contributed by atoms with Crippen LogP contribution in [0.1, 0.15) is 41.6 Å². The van der Waals surface area contributed by atoms with Gasteiger partial charge in [0.15, 0.2) is 11.0 Å². The Kier molecular flexibility index (Phi) is 8.44. The number of thioether (sulfide) groups is 1. The minimum atomic E-state index is -0.297. The lowest BCUT2D eigenvalue weighted by Crippen LogP contribution is -2.33.